The molecule has 0 aliphatic carbocycles. The summed E-state index contributed by atoms with van der Waals surface area (Å²) in [6.07, 6.45) is 0. The molecule has 2 rings (SSSR count). The van der Waals surface area contributed by atoms with Crippen LogP contribution in [0.3, 0.4) is 0 Å². The number of fused-ring (bicyclic) bond motifs is 1. The summed E-state index contributed by atoms with van der Waals surface area (Å²) in [6.45, 7) is 1.39. The second-order valence-corrected chi connectivity index (χ2v) is 6.61. The average molecular weight is 306 g/mol. The van der Waals surface area contributed by atoms with E-state index in [0.29, 0.717) is 10.8 Å². The molecule has 0 N–H and O–H groups in total. The number of benzene rings is 2. The number of hydrogen-bond acceptors (Lipinski definition) is 4. The molecule has 8 heteroatoms. The van der Waals surface area contributed by atoms with Crippen molar-refractivity contribution in [2.45, 2.75) is 16.7 Å². The molecule has 4 nitrogen and oxygen atoms in total. The summed E-state index contributed by atoms with van der Waals surface area (Å²) < 4.78 is 69.2. The van der Waals surface area contributed by atoms with E-state index in [9.17, 15) is 24.6 Å². The van der Waals surface area contributed by atoms with Crippen LogP contribution in [0.4, 0.5) is 7.77 Å². The molecule has 0 heterocycles. The zero-order valence-corrected chi connectivity index (χ0v) is 11.2. The second kappa shape index (κ2) is 4.24. The van der Waals surface area contributed by atoms with E-state index in [-0.39, 0.29) is 5.56 Å². The summed E-state index contributed by atoms with van der Waals surface area (Å²) in [6, 6.07) is 5.54. The maximum absolute atomic E-state index is 13.0. The largest absolute Gasteiger partial charge is 0.332 e. The summed E-state index contributed by atoms with van der Waals surface area (Å²) in [5.74, 6) is 0. The summed E-state index contributed by atoms with van der Waals surface area (Å²) in [4.78, 5) is -1.02. The lowest BCUT2D eigenvalue weighted by atomic mass is 10.1. The fourth-order valence-corrected chi connectivity index (χ4v) is 3.06. The Labute approximate surface area is 109 Å². The van der Waals surface area contributed by atoms with Crippen molar-refractivity contribution in [2.75, 3.05) is 0 Å². The van der Waals surface area contributed by atoms with Crippen molar-refractivity contribution in [3.63, 3.8) is 0 Å². The van der Waals surface area contributed by atoms with E-state index < -0.39 is 30.2 Å². The predicted octanol–water partition coefficient (Wildman–Crippen LogP) is 2.46. The highest BCUT2D eigenvalue weighted by molar-refractivity contribution is 7.86. The lowest BCUT2D eigenvalue weighted by molar-refractivity contribution is 0.549. The summed E-state index contributed by atoms with van der Waals surface area (Å²) in [5.41, 5.74) is 0.141. The van der Waals surface area contributed by atoms with Gasteiger partial charge < -0.3 is 0 Å². The minimum atomic E-state index is -4.86. The molecule has 19 heavy (non-hydrogen) atoms. The Morgan fingerprint density at radius 2 is 1.53 bits per heavy atom. The molecule has 0 spiro atoms. The summed E-state index contributed by atoms with van der Waals surface area (Å²) in [7, 11) is -9.69. The molecule has 0 aromatic heterocycles. The van der Waals surface area contributed by atoms with Gasteiger partial charge in [0.2, 0.25) is 0 Å². The van der Waals surface area contributed by atoms with Gasteiger partial charge in [0.1, 0.15) is 4.90 Å². The van der Waals surface area contributed by atoms with E-state index in [1.165, 1.54) is 19.1 Å². The van der Waals surface area contributed by atoms with Gasteiger partial charge in [0.25, 0.3) is 0 Å². The molecule has 0 saturated heterocycles. The molecular weight excluding hydrogens is 298 g/mol. The summed E-state index contributed by atoms with van der Waals surface area (Å²) >= 11 is 0. The van der Waals surface area contributed by atoms with Gasteiger partial charge in [0, 0.05) is 0 Å². The van der Waals surface area contributed by atoms with Gasteiger partial charge in [0.05, 0.1) is 4.90 Å². The number of rotatable bonds is 2. The minimum Gasteiger partial charge on any atom is -0.189 e. The van der Waals surface area contributed by atoms with E-state index in [1.807, 2.05) is 0 Å². The van der Waals surface area contributed by atoms with Crippen molar-refractivity contribution in [1.29, 1.82) is 0 Å². The van der Waals surface area contributed by atoms with Crippen molar-refractivity contribution in [1.82, 2.24) is 0 Å². The lowest BCUT2D eigenvalue weighted by Gasteiger charge is -2.06. The van der Waals surface area contributed by atoms with Crippen LogP contribution in [0, 0.1) is 6.92 Å². The van der Waals surface area contributed by atoms with Crippen LogP contribution < -0.4 is 0 Å². The maximum Gasteiger partial charge on any atom is 0.332 e. The topological polar surface area (TPSA) is 68.3 Å². The molecule has 0 aliphatic heterocycles. The van der Waals surface area contributed by atoms with E-state index in [4.69, 9.17) is 0 Å². The number of halogens is 2. The molecule has 0 amide bonds. The Bertz CT molecular complexity index is 871. The molecule has 0 fully saturated rings. The van der Waals surface area contributed by atoms with Crippen LogP contribution in [-0.4, -0.2) is 16.8 Å². The van der Waals surface area contributed by atoms with Gasteiger partial charge in [-0.15, -0.1) is 7.77 Å². The van der Waals surface area contributed by atoms with Gasteiger partial charge in [-0.25, -0.2) is 0 Å². The molecule has 0 bridgehead atoms. The van der Waals surface area contributed by atoms with Gasteiger partial charge in [-0.05, 0) is 41.5 Å². The van der Waals surface area contributed by atoms with Gasteiger partial charge in [0.15, 0.2) is 0 Å². The highest BCUT2D eigenvalue weighted by atomic mass is 32.3. The van der Waals surface area contributed by atoms with Crippen molar-refractivity contribution in [2.24, 2.45) is 0 Å². The van der Waals surface area contributed by atoms with Crippen molar-refractivity contribution in [3.8, 4) is 0 Å². The number of hydrogen-bond donors (Lipinski definition) is 0. The molecular formula is C11H8F2O4S2. The quantitative estimate of drug-likeness (QED) is 0.799. The highest BCUT2D eigenvalue weighted by Crippen LogP contribution is 2.28. The van der Waals surface area contributed by atoms with E-state index in [0.717, 1.165) is 18.2 Å². The molecule has 0 radical (unpaired) electrons. The second-order valence-electron chi connectivity index (χ2n) is 3.95. The average Bonchev–Trinajstić information content (AvgIpc) is 2.26. The first kappa shape index (κ1) is 13.9. The van der Waals surface area contributed by atoms with E-state index in [2.05, 4.69) is 0 Å². The molecule has 0 saturated carbocycles. The fraction of sp³-hybridized carbons (Fsp3) is 0.0909. The standard InChI is InChI=1S/C11H8F2O4S2/c1-7-10-4-3-9(18(12,14)15)6-8(10)2-5-11(7)19(13,16)17/h2-6H,1H3. The molecule has 0 aliphatic rings. The van der Waals surface area contributed by atoms with Gasteiger partial charge in [-0.2, -0.15) is 16.8 Å². The maximum atomic E-state index is 13.0. The highest BCUT2D eigenvalue weighted by Gasteiger charge is 2.18. The Morgan fingerprint density at radius 1 is 0.895 bits per heavy atom. The first-order valence-corrected chi connectivity index (χ1v) is 7.80. The van der Waals surface area contributed by atoms with Crippen LogP contribution in [0.15, 0.2) is 40.1 Å². The van der Waals surface area contributed by atoms with Crippen LogP contribution >= 0.6 is 0 Å². The first-order valence-electron chi connectivity index (χ1n) is 5.03. The third-order valence-electron chi connectivity index (χ3n) is 2.76. The van der Waals surface area contributed by atoms with E-state index in [1.54, 1.807) is 0 Å². The third-order valence-corrected chi connectivity index (χ3v) is 4.54. The van der Waals surface area contributed by atoms with Crippen LogP contribution in [0.1, 0.15) is 5.56 Å². The monoisotopic (exact) mass is 306 g/mol. The minimum absolute atomic E-state index is 0.141. The first-order chi connectivity index (χ1) is 8.60. The SMILES string of the molecule is Cc1c(S(=O)(=O)F)ccc2cc(S(=O)(=O)F)ccc12. The van der Waals surface area contributed by atoms with Crippen LogP contribution in [-0.2, 0) is 20.4 Å². The molecule has 102 valence electrons. The smallest absolute Gasteiger partial charge is 0.189 e. The third kappa shape index (κ3) is 2.59. The zero-order valence-electron chi connectivity index (χ0n) is 9.59. The van der Waals surface area contributed by atoms with E-state index >= 15 is 0 Å². The Hall–Kier alpha value is -1.54. The summed E-state index contributed by atoms with van der Waals surface area (Å²) in [5, 5.41) is 0.648. The Morgan fingerprint density at radius 3 is 2.05 bits per heavy atom. The van der Waals surface area contributed by atoms with Gasteiger partial charge >= 0.3 is 20.4 Å². The van der Waals surface area contributed by atoms with Gasteiger partial charge in [-0.3, -0.25) is 0 Å². The zero-order chi connectivity index (χ0) is 14.4. The Balaban J connectivity index is 2.82. The molecule has 2 aromatic rings. The number of aryl methyl sites for hydroxylation is 1. The van der Waals surface area contributed by atoms with Gasteiger partial charge in [-0.1, -0.05) is 12.1 Å². The molecule has 0 atom stereocenters. The molecule has 2 aromatic carbocycles. The van der Waals surface area contributed by atoms with Crippen LogP contribution in [0.25, 0.3) is 10.8 Å². The van der Waals surface area contributed by atoms with Crippen LogP contribution in [0.5, 0.6) is 0 Å². The molecule has 0 unspecified atom stereocenters. The normalized spacial score (nSPS) is 12.8. The predicted molar refractivity (Wildman–Crippen MR) is 65.3 cm³/mol. The lowest BCUT2D eigenvalue weighted by Crippen LogP contribution is -1.97. The van der Waals surface area contributed by atoms with Crippen molar-refractivity contribution < 1.29 is 24.6 Å². The Kier molecular flexibility index (Phi) is 3.10. The fourth-order valence-electron chi connectivity index (χ4n) is 1.86. The van der Waals surface area contributed by atoms with Crippen molar-refractivity contribution in [3.05, 3.63) is 35.9 Å². The van der Waals surface area contributed by atoms with Crippen molar-refractivity contribution >= 4 is 31.2 Å². The van der Waals surface area contributed by atoms with Crippen LogP contribution in [0.2, 0.25) is 0 Å².